The number of hydrogen-bond acceptors (Lipinski definition) is 4. The first-order valence-electron chi connectivity index (χ1n) is 6.86. The molecule has 0 aliphatic carbocycles. The topological polar surface area (TPSA) is 66.0 Å². The van der Waals surface area contributed by atoms with Crippen molar-refractivity contribution in [2.75, 3.05) is 5.73 Å². The third-order valence-electron chi connectivity index (χ3n) is 3.35. The molecule has 0 fully saturated rings. The van der Waals surface area contributed by atoms with E-state index in [-0.39, 0.29) is 5.75 Å². The Kier molecular flexibility index (Phi) is 3.92. The van der Waals surface area contributed by atoms with E-state index >= 15 is 0 Å². The fraction of sp³-hybridized carbons (Fsp3) is 0.125. The number of nitrogen functional groups attached to an aromatic ring is 1. The lowest BCUT2D eigenvalue weighted by atomic mass is 10.1. The van der Waals surface area contributed by atoms with Crippen LogP contribution in [0.3, 0.4) is 0 Å². The van der Waals surface area contributed by atoms with Gasteiger partial charge in [0.1, 0.15) is 12.1 Å². The van der Waals surface area contributed by atoms with Crippen molar-refractivity contribution in [1.29, 1.82) is 0 Å². The SMILES string of the molecule is Cc1cc(-c2ncn(-c3ccc(OC(F)F)cc3)n2)ccc1N. The van der Waals surface area contributed by atoms with Crippen LogP contribution in [0.2, 0.25) is 0 Å². The van der Waals surface area contributed by atoms with E-state index in [1.54, 1.807) is 23.1 Å². The van der Waals surface area contributed by atoms with Crippen LogP contribution in [-0.4, -0.2) is 21.4 Å². The number of anilines is 1. The lowest BCUT2D eigenvalue weighted by Crippen LogP contribution is -2.02. The molecule has 0 saturated heterocycles. The summed E-state index contributed by atoms with van der Waals surface area (Å²) in [6.45, 7) is -0.926. The summed E-state index contributed by atoms with van der Waals surface area (Å²) in [5.74, 6) is 0.652. The molecule has 1 aromatic heterocycles. The van der Waals surface area contributed by atoms with Crippen LogP contribution in [0.5, 0.6) is 5.75 Å². The Balaban J connectivity index is 1.85. The van der Waals surface area contributed by atoms with E-state index in [4.69, 9.17) is 5.73 Å². The number of hydrogen-bond donors (Lipinski definition) is 1. The number of aryl methyl sites for hydroxylation is 1. The molecular weight excluding hydrogens is 302 g/mol. The number of alkyl halides is 2. The summed E-state index contributed by atoms with van der Waals surface area (Å²) < 4.78 is 30.2. The highest BCUT2D eigenvalue weighted by atomic mass is 19.3. The average molecular weight is 316 g/mol. The van der Waals surface area contributed by atoms with Crippen molar-refractivity contribution in [3.8, 4) is 22.8 Å². The van der Waals surface area contributed by atoms with Gasteiger partial charge in [0.05, 0.1) is 5.69 Å². The lowest BCUT2D eigenvalue weighted by molar-refractivity contribution is -0.0498. The third kappa shape index (κ3) is 3.28. The maximum atomic E-state index is 12.1. The summed E-state index contributed by atoms with van der Waals surface area (Å²) >= 11 is 0. The van der Waals surface area contributed by atoms with Crippen molar-refractivity contribution in [2.24, 2.45) is 0 Å². The summed E-state index contributed by atoms with van der Waals surface area (Å²) in [4.78, 5) is 4.26. The zero-order chi connectivity index (χ0) is 16.4. The van der Waals surface area contributed by atoms with Gasteiger partial charge in [0.15, 0.2) is 5.82 Å². The second-order valence-corrected chi connectivity index (χ2v) is 4.96. The van der Waals surface area contributed by atoms with Gasteiger partial charge in [0, 0.05) is 11.3 Å². The number of ether oxygens (including phenoxy) is 1. The van der Waals surface area contributed by atoms with E-state index in [2.05, 4.69) is 14.8 Å². The van der Waals surface area contributed by atoms with Crippen LogP contribution in [0.15, 0.2) is 48.8 Å². The van der Waals surface area contributed by atoms with Crippen molar-refractivity contribution < 1.29 is 13.5 Å². The number of nitrogens with two attached hydrogens (primary N) is 1. The summed E-state index contributed by atoms with van der Waals surface area (Å²) in [6, 6.07) is 11.7. The molecule has 23 heavy (non-hydrogen) atoms. The molecule has 5 nitrogen and oxygen atoms in total. The molecule has 118 valence electrons. The van der Waals surface area contributed by atoms with Crippen LogP contribution in [0, 0.1) is 6.92 Å². The molecule has 0 aliphatic rings. The Morgan fingerprint density at radius 1 is 1.13 bits per heavy atom. The molecule has 3 aromatic rings. The minimum absolute atomic E-state index is 0.0956. The quantitative estimate of drug-likeness (QED) is 0.749. The first kappa shape index (κ1) is 15.0. The van der Waals surface area contributed by atoms with Gasteiger partial charge in [0.25, 0.3) is 0 Å². The lowest BCUT2D eigenvalue weighted by Gasteiger charge is -2.05. The predicted molar refractivity (Wildman–Crippen MR) is 82.6 cm³/mol. The second-order valence-electron chi connectivity index (χ2n) is 4.96. The highest BCUT2D eigenvalue weighted by molar-refractivity contribution is 5.61. The van der Waals surface area contributed by atoms with Crippen LogP contribution < -0.4 is 10.5 Å². The van der Waals surface area contributed by atoms with Gasteiger partial charge < -0.3 is 10.5 Å². The molecule has 0 amide bonds. The van der Waals surface area contributed by atoms with Gasteiger partial charge in [-0.15, -0.1) is 5.10 Å². The van der Waals surface area contributed by atoms with Crippen LogP contribution in [0.25, 0.3) is 17.1 Å². The molecule has 2 N–H and O–H groups in total. The second kappa shape index (κ2) is 6.04. The molecule has 0 saturated carbocycles. The van der Waals surface area contributed by atoms with Crippen LogP contribution in [0.4, 0.5) is 14.5 Å². The van der Waals surface area contributed by atoms with Gasteiger partial charge in [-0.05, 0) is 55.0 Å². The Morgan fingerprint density at radius 3 is 2.52 bits per heavy atom. The largest absolute Gasteiger partial charge is 0.435 e. The number of aromatic nitrogens is 3. The van der Waals surface area contributed by atoms with Gasteiger partial charge in [0.2, 0.25) is 0 Å². The van der Waals surface area contributed by atoms with Crippen LogP contribution in [-0.2, 0) is 0 Å². The minimum Gasteiger partial charge on any atom is -0.435 e. The predicted octanol–water partition coefficient (Wildman–Crippen LogP) is 3.43. The van der Waals surface area contributed by atoms with Crippen molar-refractivity contribution >= 4 is 5.69 Å². The van der Waals surface area contributed by atoms with Gasteiger partial charge in [-0.2, -0.15) is 8.78 Å². The van der Waals surface area contributed by atoms with Crippen LogP contribution in [0.1, 0.15) is 5.56 Å². The number of rotatable bonds is 4. The van der Waals surface area contributed by atoms with Gasteiger partial charge in [-0.1, -0.05) is 0 Å². The van der Waals surface area contributed by atoms with E-state index in [0.29, 0.717) is 17.2 Å². The van der Waals surface area contributed by atoms with Crippen molar-refractivity contribution in [3.63, 3.8) is 0 Å². The molecule has 0 bridgehead atoms. The Morgan fingerprint density at radius 2 is 1.87 bits per heavy atom. The fourth-order valence-corrected chi connectivity index (χ4v) is 2.11. The number of benzene rings is 2. The minimum atomic E-state index is -2.84. The van der Waals surface area contributed by atoms with E-state index in [1.807, 2.05) is 25.1 Å². The monoisotopic (exact) mass is 316 g/mol. The van der Waals surface area contributed by atoms with Crippen LogP contribution >= 0.6 is 0 Å². The Hall–Kier alpha value is -2.96. The highest BCUT2D eigenvalue weighted by Crippen LogP contribution is 2.22. The Bertz CT molecular complexity index is 815. The molecule has 0 spiro atoms. The van der Waals surface area contributed by atoms with Gasteiger partial charge >= 0.3 is 6.61 Å². The van der Waals surface area contributed by atoms with Gasteiger partial charge in [-0.3, -0.25) is 0 Å². The summed E-state index contributed by atoms with van der Waals surface area (Å²) in [5, 5.41) is 4.39. The van der Waals surface area contributed by atoms with E-state index < -0.39 is 6.61 Å². The smallest absolute Gasteiger partial charge is 0.387 e. The first-order chi connectivity index (χ1) is 11.0. The molecule has 7 heteroatoms. The van der Waals surface area contributed by atoms with E-state index in [0.717, 1.165) is 11.1 Å². The van der Waals surface area contributed by atoms with Crippen molar-refractivity contribution in [2.45, 2.75) is 13.5 Å². The van der Waals surface area contributed by atoms with Gasteiger partial charge in [-0.25, -0.2) is 9.67 Å². The summed E-state index contributed by atoms with van der Waals surface area (Å²) in [5.41, 5.74) is 9.01. The normalized spacial score (nSPS) is 11.0. The first-order valence-corrected chi connectivity index (χ1v) is 6.86. The maximum Gasteiger partial charge on any atom is 0.387 e. The Labute approximate surface area is 131 Å². The molecule has 0 radical (unpaired) electrons. The van der Waals surface area contributed by atoms with E-state index in [1.165, 1.54) is 12.1 Å². The maximum absolute atomic E-state index is 12.1. The number of nitrogens with zero attached hydrogens (tertiary/aromatic N) is 3. The molecule has 2 aromatic carbocycles. The van der Waals surface area contributed by atoms with E-state index in [9.17, 15) is 8.78 Å². The number of halogens is 2. The molecule has 3 rings (SSSR count). The fourth-order valence-electron chi connectivity index (χ4n) is 2.11. The summed E-state index contributed by atoms with van der Waals surface area (Å²) in [6.07, 6.45) is 1.56. The standard InChI is InChI=1S/C16H14F2N4O/c1-10-8-11(2-7-14(10)19)15-20-9-22(21-15)12-3-5-13(6-4-12)23-16(17)18/h2-9,16H,19H2,1H3. The molecule has 0 unspecified atom stereocenters. The zero-order valence-corrected chi connectivity index (χ0v) is 12.3. The highest BCUT2D eigenvalue weighted by Gasteiger charge is 2.08. The van der Waals surface area contributed by atoms with Crippen molar-refractivity contribution in [3.05, 3.63) is 54.4 Å². The molecular formula is C16H14F2N4O. The third-order valence-corrected chi connectivity index (χ3v) is 3.35. The molecule has 0 aliphatic heterocycles. The average Bonchev–Trinajstić information content (AvgIpc) is 3.00. The summed E-state index contributed by atoms with van der Waals surface area (Å²) in [7, 11) is 0. The molecule has 0 atom stereocenters. The zero-order valence-electron chi connectivity index (χ0n) is 12.3. The molecule has 1 heterocycles. The van der Waals surface area contributed by atoms with Crippen molar-refractivity contribution in [1.82, 2.24) is 14.8 Å².